The molecule has 0 aliphatic carbocycles. The Labute approximate surface area is 103 Å². The van der Waals surface area contributed by atoms with Gasteiger partial charge in [-0.05, 0) is 31.0 Å². The van der Waals surface area contributed by atoms with Crippen molar-refractivity contribution in [2.45, 2.75) is 13.8 Å². The standard InChI is InChI=1S/C10H10O7S/c1-5-3-6(2)8(4-7(5)9(11)12)10(13)17-18(14,15)16/h3-4H,1-2H3,(H,11,12)(H,14,15,16). The summed E-state index contributed by atoms with van der Waals surface area (Å²) in [5.41, 5.74) is 0.369. The van der Waals surface area contributed by atoms with Crippen LogP contribution in [0.3, 0.4) is 0 Å². The Morgan fingerprint density at radius 1 is 1.11 bits per heavy atom. The van der Waals surface area contributed by atoms with Gasteiger partial charge in [0.1, 0.15) is 0 Å². The minimum atomic E-state index is -4.93. The molecular formula is C10H10O7S. The zero-order valence-electron chi connectivity index (χ0n) is 9.50. The number of hydrogen-bond acceptors (Lipinski definition) is 5. The van der Waals surface area contributed by atoms with Crippen molar-refractivity contribution in [3.63, 3.8) is 0 Å². The Morgan fingerprint density at radius 2 is 1.61 bits per heavy atom. The second-order valence-electron chi connectivity index (χ2n) is 3.59. The summed E-state index contributed by atoms with van der Waals surface area (Å²) in [4.78, 5) is 22.3. The van der Waals surface area contributed by atoms with Gasteiger partial charge in [-0.15, -0.1) is 0 Å². The Morgan fingerprint density at radius 3 is 2.06 bits per heavy atom. The predicted molar refractivity (Wildman–Crippen MR) is 59.8 cm³/mol. The largest absolute Gasteiger partial charge is 0.478 e. The molecule has 0 atom stereocenters. The van der Waals surface area contributed by atoms with Gasteiger partial charge in [0.25, 0.3) is 0 Å². The molecule has 7 nitrogen and oxygen atoms in total. The number of carboxylic acid groups (broad SMARTS) is 1. The first-order valence-electron chi connectivity index (χ1n) is 4.67. The molecule has 0 aliphatic rings. The molecule has 0 bridgehead atoms. The topological polar surface area (TPSA) is 118 Å². The Balaban J connectivity index is 3.29. The van der Waals surface area contributed by atoms with Gasteiger partial charge in [-0.3, -0.25) is 4.55 Å². The third-order valence-corrected chi connectivity index (χ3v) is 2.56. The number of carboxylic acids is 1. The van der Waals surface area contributed by atoms with Gasteiger partial charge in [0, 0.05) is 0 Å². The number of benzene rings is 1. The van der Waals surface area contributed by atoms with E-state index < -0.39 is 22.3 Å². The lowest BCUT2D eigenvalue weighted by Crippen LogP contribution is -2.14. The lowest BCUT2D eigenvalue weighted by molar-refractivity contribution is 0.0696. The SMILES string of the molecule is Cc1cc(C)c(C(=O)OS(=O)(=O)O)cc1C(=O)O. The summed E-state index contributed by atoms with van der Waals surface area (Å²) in [6, 6.07) is 2.41. The molecule has 0 saturated carbocycles. The van der Waals surface area contributed by atoms with E-state index in [2.05, 4.69) is 4.18 Å². The molecule has 98 valence electrons. The van der Waals surface area contributed by atoms with E-state index in [1.54, 1.807) is 0 Å². The highest BCUT2D eigenvalue weighted by Crippen LogP contribution is 2.17. The van der Waals surface area contributed by atoms with Gasteiger partial charge in [-0.1, -0.05) is 6.07 Å². The number of hydrogen-bond donors (Lipinski definition) is 2. The average molecular weight is 274 g/mol. The van der Waals surface area contributed by atoms with Crippen molar-refractivity contribution in [1.82, 2.24) is 0 Å². The molecule has 8 heteroatoms. The van der Waals surface area contributed by atoms with Crippen LogP contribution in [-0.2, 0) is 14.6 Å². The van der Waals surface area contributed by atoms with Crippen LogP contribution in [0.2, 0.25) is 0 Å². The fraction of sp³-hybridized carbons (Fsp3) is 0.200. The first-order chi connectivity index (χ1) is 8.11. The van der Waals surface area contributed by atoms with Gasteiger partial charge >= 0.3 is 22.3 Å². The minimum Gasteiger partial charge on any atom is -0.478 e. The molecule has 1 aromatic rings. The Hall–Kier alpha value is -1.93. The third kappa shape index (κ3) is 3.28. The molecule has 0 heterocycles. The van der Waals surface area contributed by atoms with Gasteiger partial charge in [-0.25, -0.2) is 9.59 Å². The summed E-state index contributed by atoms with van der Waals surface area (Å²) in [5.74, 6) is -2.59. The quantitative estimate of drug-likeness (QED) is 0.788. The summed E-state index contributed by atoms with van der Waals surface area (Å²) >= 11 is 0. The predicted octanol–water partition coefficient (Wildman–Crippen LogP) is 0.961. The summed E-state index contributed by atoms with van der Waals surface area (Å²) in [5, 5.41) is 8.88. The van der Waals surface area contributed by atoms with Crippen molar-refractivity contribution >= 4 is 22.3 Å². The van der Waals surface area contributed by atoms with Crippen LogP contribution in [0.15, 0.2) is 12.1 Å². The highest BCUT2D eigenvalue weighted by molar-refractivity contribution is 7.81. The van der Waals surface area contributed by atoms with E-state index >= 15 is 0 Å². The maximum atomic E-state index is 11.4. The molecule has 0 amide bonds. The van der Waals surface area contributed by atoms with Crippen molar-refractivity contribution in [2.75, 3.05) is 0 Å². The summed E-state index contributed by atoms with van der Waals surface area (Å²) in [6.45, 7) is 3.02. The first kappa shape index (κ1) is 14.1. The van der Waals surface area contributed by atoms with E-state index in [0.717, 1.165) is 6.07 Å². The normalized spacial score (nSPS) is 11.1. The number of aryl methyl sites for hydroxylation is 2. The summed E-state index contributed by atoms with van der Waals surface area (Å²) < 4.78 is 33.0. The van der Waals surface area contributed by atoms with Crippen LogP contribution in [0.25, 0.3) is 0 Å². The number of rotatable bonds is 3. The van der Waals surface area contributed by atoms with Crippen molar-refractivity contribution in [1.29, 1.82) is 0 Å². The maximum Gasteiger partial charge on any atom is 0.449 e. The van der Waals surface area contributed by atoms with E-state index in [9.17, 15) is 18.0 Å². The van der Waals surface area contributed by atoms with Crippen LogP contribution in [-0.4, -0.2) is 30.0 Å². The summed E-state index contributed by atoms with van der Waals surface area (Å²) in [6.07, 6.45) is 0. The zero-order valence-corrected chi connectivity index (χ0v) is 10.3. The van der Waals surface area contributed by atoms with E-state index in [0.29, 0.717) is 11.1 Å². The lowest BCUT2D eigenvalue weighted by Gasteiger charge is -2.08. The van der Waals surface area contributed by atoms with Crippen LogP contribution < -0.4 is 0 Å². The minimum absolute atomic E-state index is 0.150. The van der Waals surface area contributed by atoms with E-state index in [4.69, 9.17) is 9.66 Å². The molecule has 1 rings (SSSR count). The number of carbonyl (C=O) groups excluding carboxylic acids is 1. The van der Waals surface area contributed by atoms with E-state index in [-0.39, 0.29) is 11.1 Å². The molecule has 0 fully saturated rings. The molecule has 0 unspecified atom stereocenters. The van der Waals surface area contributed by atoms with Crippen LogP contribution >= 0.6 is 0 Å². The molecule has 18 heavy (non-hydrogen) atoms. The van der Waals surface area contributed by atoms with E-state index in [1.807, 2.05) is 0 Å². The van der Waals surface area contributed by atoms with Gasteiger partial charge in [0.05, 0.1) is 11.1 Å². The van der Waals surface area contributed by atoms with Gasteiger partial charge in [0.2, 0.25) is 0 Å². The third-order valence-electron chi connectivity index (χ3n) is 2.20. The van der Waals surface area contributed by atoms with Gasteiger partial charge in [0.15, 0.2) is 0 Å². The molecule has 0 spiro atoms. The molecular weight excluding hydrogens is 264 g/mol. The van der Waals surface area contributed by atoms with Crippen LogP contribution in [0.5, 0.6) is 0 Å². The van der Waals surface area contributed by atoms with Crippen LogP contribution in [0.1, 0.15) is 31.8 Å². The average Bonchev–Trinajstić information content (AvgIpc) is 2.13. The summed E-state index contributed by atoms with van der Waals surface area (Å²) in [7, 11) is -4.93. The van der Waals surface area contributed by atoms with Crippen LogP contribution in [0, 0.1) is 13.8 Å². The molecule has 0 saturated heterocycles. The second-order valence-corrected chi connectivity index (χ2v) is 4.61. The molecule has 0 radical (unpaired) electrons. The number of aromatic carboxylic acids is 1. The fourth-order valence-corrected chi connectivity index (χ4v) is 1.72. The van der Waals surface area contributed by atoms with Crippen molar-refractivity contribution < 1.29 is 31.8 Å². The monoisotopic (exact) mass is 274 g/mol. The zero-order chi connectivity index (χ0) is 14.1. The molecule has 0 aliphatic heterocycles. The Bertz CT molecular complexity index is 615. The van der Waals surface area contributed by atoms with Gasteiger partial charge < -0.3 is 9.29 Å². The smallest absolute Gasteiger partial charge is 0.449 e. The molecule has 2 N–H and O–H groups in total. The van der Waals surface area contributed by atoms with Crippen molar-refractivity contribution in [2.24, 2.45) is 0 Å². The number of carbonyl (C=O) groups is 2. The highest BCUT2D eigenvalue weighted by atomic mass is 32.3. The molecule has 0 aromatic heterocycles. The second kappa shape index (κ2) is 4.75. The fourth-order valence-electron chi connectivity index (χ4n) is 1.44. The molecule has 1 aromatic carbocycles. The Kier molecular flexibility index (Phi) is 3.73. The van der Waals surface area contributed by atoms with Crippen molar-refractivity contribution in [3.05, 3.63) is 34.4 Å². The lowest BCUT2D eigenvalue weighted by atomic mass is 10.0. The van der Waals surface area contributed by atoms with E-state index in [1.165, 1.54) is 19.9 Å². The highest BCUT2D eigenvalue weighted by Gasteiger charge is 2.20. The van der Waals surface area contributed by atoms with Crippen LogP contribution in [0.4, 0.5) is 0 Å². The maximum absolute atomic E-state index is 11.4. The van der Waals surface area contributed by atoms with Crippen molar-refractivity contribution in [3.8, 4) is 0 Å². The first-order valence-corrected chi connectivity index (χ1v) is 6.04. The van der Waals surface area contributed by atoms with Gasteiger partial charge in [-0.2, -0.15) is 8.42 Å².